The third-order valence-corrected chi connectivity index (χ3v) is 14.1. The number of imidazole rings is 1. The summed E-state index contributed by atoms with van der Waals surface area (Å²) in [5, 5.41) is 2.77. The fourth-order valence-electron chi connectivity index (χ4n) is 8.47. The number of likely N-dealkylation sites (tertiary alicyclic amines) is 1. The number of amides is 3. The summed E-state index contributed by atoms with van der Waals surface area (Å²) in [6.07, 6.45) is 5.47. The Morgan fingerprint density at radius 3 is 2.37 bits per heavy atom. The molecule has 3 heterocycles. The van der Waals surface area contributed by atoms with E-state index in [-0.39, 0.29) is 31.1 Å². The van der Waals surface area contributed by atoms with Gasteiger partial charge in [-0.15, -0.1) is 0 Å². The Morgan fingerprint density at radius 2 is 1.72 bits per heavy atom. The summed E-state index contributed by atoms with van der Waals surface area (Å²) in [5.74, 6) is -1.60. The predicted octanol–water partition coefficient (Wildman–Crippen LogP) is 6.03. The molecule has 2 aliphatic carbocycles. The number of carbonyl (C=O) groups is 4. The van der Waals surface area contributed by atoms with E-state index in [2.05, 4.69) is 14.6 Å². The van der Waals surface area contributed by atoms with Crippen LogP contribution < -0.4 is 14.8 Å². The van der Waals surface area contributed by atoms with E-state index in [1.807, 2.05) is 52.0 Å². The predicted molar refractivity (Wildman–Crippen MR) is 204 cm³/mol. The molecule has 2 spiro atoms. The number of fused-ring (bicyclic) bond motifs is 5. The summed E-state index contributed by atoms with van der Waals surface area (Å²) < 4.78 is 43.2. The molecule has 2 bridgehead atoms. The maximum absolute atomic E-state index is 14.6. The molecule has 1 unspecified atom stereocenters. The number of rotatable bonds is 3. The van der Waals surface area contributed by atoms with Gasteiger partial charge in [-0.2, -0.15) is 4.98 Å². The SMILES string of the molecule is CC[C@@H]1C[C@@]12CC(=O)[C@@H]1C[C@H](CN1C(=O)C(NC(=O)OC(C)(C)C)C(C)(C)C)Oc1nc3ccccc3n1CCCCCCCC1(CC1)S(=O)(=O)NC2=O. The van der Waals surface area contributed by atoms with Crippen molar-refractivity contribution in [2.24, 2.45) is 16.7 Å². The van der Waals surface area contributed by atoms with Gasteiger partial charge in [0.25, 0.3) is 6.01 Å². The van der Waals surface area contributed by atoms with Gasteiger partial charge in [0.05, 0.1) is 33.8 Å². The molecule has 54 heavy (non-hydrogen) atoms. The molecule has 0 radical (unpaired) electrons. The van der Waals surface area contributed by atoms with Gasteiger partial charge in [0.1, 0.15) is 17.7 Å². The van der Waals surface area contributed by atoms with E-state index in [1.54, 1.807) is 20.8 Å². The van der Waals surface area contributed by atoms with Crippen LogP contribution in [0.15, 0.2) is 24.3 Å². The Labute approximate surface area is 319 Å². The highest BCUT2D eigenvalue weighted by Crippen LogP contribution is 2.58. The van der Waals surface area contributed by atoms with Crippen LogP contribution in [-0.4, -0.2) is 81.6 Å². The maximum atomic E-state index is 14.6. The van der Waals surface area contributed by atoms with Gasteiger partial charge < -0.3 is 19.7 Å². The second-order valence-electron chi connectivity index (χ2n) is 18.2. The average Bonchev–Trinajstić information content (AvgIpc) is 3.94. The Hall–Kier alpha value is -3.68. The van der Waals surface area contributed by atoms with Crippen LogP contribution in [0.1, 0.15) is 126 Å². The second-order valence-corrected chi connectivity index (χ2v) is 20.3. The molecule has 298 valence electrons. The number of carbonyl (C=O) groups excluding carboxylic acids is 4. The number of para-hydroxylation sites is 2. The minimum atomic E-state index is -3.96. The fraction of sp³-hybridized carbons (Fsp3) is 0.725. The first-order valence-electron chi connectivity index (χ1n) is 19.8. The van der Waals surface area contributed by atoms with Gasteiger partial charge in [-0.3, -0.25) is 23.7 Å². The number of nitrogens with one attached hydrogen (secondary N) is 2. The number of aryl methyl sites for hydroxylation is 1. The van der Waals surface area contributed by atoms with Crippen LogP contribution in [0.4, 0.5) is 4.79 Å². The zero-order chi connectivity index (χ0) is 39.3. The minimum absolute atomic E-state index is 0.0499. The van der Waals surface area contributed by atoms with Crippen LogP contribution in [0.2, 0.25) is 0 Å². The normalized spacial score (nSPS) is 28.1. The van der Waals surface area contributed by atoms with E-state index >= 15 is 0 Å². The van der Waals surface area contributed by atoms with Gasteiger partial charge in [0, 0.05) is 19.4 Å². The highest BCUT2D eigenvalue weighted by Gasteiger charge is 2.63. The van der Waals surface area contributed by atoms with Crippen molar-refractivity contribution >= 4 is 44.7 Å². The molecule has 5 atom stereocenters. The van der Waals surface area contributed by atoms with E-state index in [9.17, 15) is 27.6 Å². The zero-order valence-corrected chi connectivity index (χ0v) is 33.9. The molecule has 1 aromatic carbocycles. The molecule has 1 aromatic heterocycles. The van der Waals surface area contributed by atoms with Crippen molar-refractivity contribution in [2.75, 3.05) is 6.54 Å². The fourth-order valence-corrected chi connectivity index (χ4v) is 10.2. The zero-order valence-electron chi connectivity index (χ0n) is 33.0. The van der Waals surface area contributed by atoms with Crippen LogP contribution in [0.5, 0.6) is 6.01 Å². The summed E-state index contributed by atoms with van der Waals surface area (Å²) in [4.78, 5) is 62.6. The first kappa shape index (κ1) is 40.0. The number of aromatic nitrogens is 2. The number of nitrogens with zero attached hydrogens (tertiary/aromatic N) is 3. The molecular weight excluding hydrogens is 711 g/mol. The third kappa shape index (κ3) is 8.28. The molecule has 4 aliphatic rings. The lowest BCUT2D eigenvalue weighted by molar-refractivity contribution is -0.142. The van der Waals surface area contributed by atoms with Crippen molar-refractivity contribution in [3.8, 4) is 6.01 Å². The number of hydrogen-bond acceptors (Lipinski definition) is 9. The monoisotopic (exact) mass is 769 g/mol. The summed E-state index contributed by atoms with van der Waals surface area (Å²) in [7, 11) is -3.96. The van der Waals surface area contributed by atoms with Gasteiger partial charge in [0.2, 0.25) is 21.8 Å². The molecule has 13 nitrogen and oxygen atoms in total. The molecule has 1 saturated heterocycles. The van der Waals surface area contributed by atoms with Gasteiger partial charge in [-0.1, -0.05) is 71.9 Å². The van der Waals surface area contributed by atoms with Crippen LogP contribution in [-0.2, 0) is 35.7 Å². The van der Waals surface area contributed by atoms with Crippen molar-refractivity contribution in [3.63, 3.8) is 0 Å². The lowest BCUT2D eigenvalue weighted by atomic mass is 9.85. The number of ether oxygens (including phenoxy) is 2. The summed E-state index contributed by atoms with van der Waals surface area (Å²) in [6, 6.07) is 6.19. The van der Waals surface area contributed by atoms with Crippen molar-refractivity contribution < 1.29 is 37.1 Å². The number of alkyl carbamates (subject to hydrolysis) is 1. The molecule has 2 saturated carbocycles. The summed E-state index contributed by atoms with van der Waals surface area (Å²) in [5.41, 5.74) is -1.05. The lowest BCUT2D eigenvalue weighted by Gasteiger charge is -2.36. The van der Waals surface area contributed by atoms with Crippen LogP contribution in [0.3, 0.4) is 0 Å². The smallest absolute Gasteiger partial charge is 0.408 e. The summed E-state index contributed by atoms with van der Waals surface area (Å²) >= 11 is 0. The standard InChI is InChI=1S/C40H59N5O8S/c1-8-26-23-40(26)24-31(46)30-22-27(25-45(30)33(47)32(37(2,3)4)42-36(49)53-38(5,6)7)52-35-41-28-16-12-13-17-29(28)44(35)21-15-11-9-10-14-18-39(19-20-39)54(50,51)43-34(40)48/h12-13,16-17,26-27,30,32H,8-11,14-15,18-25H2,1-7H3,(H,42,49)(H,43,48)/t26-,27-,30+,32?,40-/m1/s1. The number of Topliss-reactive ketones (excluding diaryl/α,β-unsaturated/α-hetero) is 1. The van der Waals surface area contributed by atoms with Crippen LogP contribution >= 0.6 is 0 Å². The van der Waals surface area contributed by atoms with E-state index in [4.69, 9.17) is 14.5 Å². The quantitative estimate of drug-likeness (QED) is 0.379. The maximum Gasteiger partial charge on any atom is 0.408 e. The Morgan fingerprint density at radius 1 is 1.04 bits per heavy atom. The van der Waals surface area contributed by atoms with Crippen molar-refractivity contribution in [3.05, 3.63) is 24.3 Å². The Balaban J connectivity index is 1.35. The van der Waals surface area contributed by atoms with Crippen LogP contribution in [0.25, 0.3) is 11.0 Å². The van der Waals surface area contributed by atoms with E-state index in [1.165, 1.54) is 4.90 Å². The van der Waals surface area contributed by atoms with Gasteiger partial charge in [-0.25, -0.2) is 13.2 Å². The minimum Gasteiger partial charge on any atom is -0.459 e. The average molecular weight is 770 g/mol. The first-order valence-corrected chi connectivity index (χ1v) is 21.3. The van der Waals surface area contributed by atoms with Gasteiger partial charge in [-0.05, 0) is 76.3 Å². The largest absolute Gasteiger partial charge is 0.459 e. The third-order valence-electron chi connectivity index (χ3n) is 11.9. The molecule has 2 aromatic rings. The number of hydrogen-bond donors (Lipinski definition) is 2. The highest BCUT2D eigenvalue weighted by atomic mass is 32.2. The van der Waals surface area contributed by atoms with E-state index in [0.717, 1.165) is 43.1 Å². The van der Waals surface area contributed by atoms with Crippen molar-refractivity contribution in [2.45, 2.75) is 161 Å². The number of ketones is 1. The Kier molecular flexibility index (Phi) is 10.9. The van der Waals surface area contributed by atoms with E-state index < -0.39 is 67.3 Å². The number of benzene rings is 1. The molecule has 2 aliphatic heterocycles. The molecule has 6 rings (SSSR count). The number of sulfonamides is 1. The molecule has 3 amide bonds. The Bertz CT molecular complexity index is 1870. The van der Waals surface area contributed by atoms with Crippen molar-refractivity contribution in [1.82, 2.24) is 24.5 Å². The van der Waals surface area contributed by atoms with Crippen molar-refractivity contribution in [1.29, 1.82) is 0 Å². The first-order chi connectivity index (χ1) is 25.3. The molecule has 3 fully saturated rings. The molecule has 14 heteroatoms. The summed E-state index contributed by atoms with van der Waals surface area (Å²) in [6.45, 7) is 13.3. The van der Waals surface area contributed by atoms with Crippen LogP contribution in [0, 0.1) is 16.7 Å². The van der Waals surface area contributed by atoms with Gasteiger partial charge >= 0.3 is 6.09 Å². The lowest BCUT2D eigenvalue weighted by Crippen LogP contribution is -2.57. The molecular formula is C40H59N5O8S. The topological polar surface area (TPSA) is 166 Å². The second kappa shape index (κ2) is 14.8. The highest BCUT2D eigenvalue weighted by molar-refractivity contribution is 7.91. The molecule has 2 N–H and O–H groups in total. The van der Waals surface area contributed by atoms with E-state index in [0.29, 0.717) is 44.7 Å². The van der Waals surface area contributed by atoms with Gasteiger partial charge in [0.15, 0.2) is 5.78 Å².